The molecule has 0 bridgehead atoms. The maximum absolute atomic E-state index is 9.05. The molecule has 0 unspecified atom stereocenters. The lowest BCUT2D eigenvalue weighted by Crippen LogP contribution is -1.91. The maximum Gasteiger partial charge on any atom is 0.119 e. The molecule has 1 aromatic rings. The fraction of sp³-hybridized carbons (Fsp3) is 0.357. The molecule has 0 radical (unpaired) electrons. The van der Waals surface area contributed by atoms with E-state index in [2.05, 4.69) is 19.9 Å². The van der Waals surface area contributed by atoms with E-state index in [-0.39, 0.29) is 0 Å². The average molecular weight is 215 g/mol. The molecule has 84 valence electrons. The number of nitriles is 1. The maximum atomic E-state index is 9.05. The van der Waals surface area contributed by atoms with Crippen molar-refractivity contribution in [1.29, 1.82) is 5.26 Å². The molecular weight excluding hydrogens is 198 g/mol. The predicted octanol–water partition coefficient (Wildman–Crippen LogP) is 3.65. The van der Waals surface area contributed by atoms with Gasteiger partial charge in [-0.25, -0.2) is 0 Å². The summed E-state index contributed by atoms with van der Waals surface area (Å²) in [5, 5.41) is 9.05. The Hall–Kier alpha value is -1.75. The summed E-state index contributed by atoms with van der Waals surface area (Å²) < 4.78 is 5.35. The fourth-order valence-electron chi connectivity index (χ4n) is 1.43. The van der Waals surface area contributed by atoms with Gasteiger partial charge in [-0.1, -0.05) is 19.9 Å². The first-order valence-electron chi connectivity index (χ1n) is 5.52. The minimum Gasteiger partial charge on any atom is -0.494 e. The van der Waals surface area contributed by atoms with Gasteiger partial charge in [-0.2, -0.15) is 5.26 Å². The molecule has 0 aromatic heterocycles. The Kier molecular flexibility index (Phi) is 4.60. The van der Waals surface area contributed by atoms with Gasteiger partial charge in [0, 0.05) is 0 Å². The molecule has 0 saturated heterocycles. The first-order valence-corrected chi connectivity index (χ1v) is 5.52. The Morgan fingerprint density at radius 3 is 2.44 bits per heavy atom. The van der Waals surface area contributed by atoms with Crippen molar-refractivity contribution in [2.24, 2.45) is 5.92 Å². The Bertz CT molecular complexity index is 396. The zero-order chi connectivity index (χ0) is 12.0. The summed E-state index contributed by atoms with van der Waals surface area (Å²) in [5.41, 5.74) is 1.66. The molecule has 16 heavy (non-hydrogen) atoms. The van der Waals surface area contributed by atoms with E-state index < -0.39 is 0 Å². The molecule has 0 spiro atoms. The lowest BCUT2D eigenvalue weighted by Gasteiger charge is -2.05. The molecule has 0 aliphatic carbocycles. The third-order valence-corrected chi connectivity index (χ3v) is 2.10. The van der Waals surface area contributed by atoms with Gasteiger partial charge in [-0.3, -0.25) is 0 Å². The highest BCUT2D eigenvalue weighted by Gasteiger charge is 2.02. The molecule has 0 heterocycles. The number of nitrogens with zero attached hydrogens (tertiary/aromatic N) is 1. The molecule has 0 aliphatic rings. The minimum atomic E-state index is 0.376. The van der Waals surface area contributed by atoms with E-state index >= 15 is 0 Å². The molecule has 2 nitrogen and oxygen atoms in total. The van der Waals surface area contributed by atoms with E-state index in [0.717, 1.165) is 16.9 Å². The molecule has 2 heteroatoms. The fourth-order valence-corrected chi connectivity index (χ4v) is 1.43. The molecule has 0 saturated carbocycles. The normalized spacial score (nSPS) is 11.3. The third-order valence-electron chi connectivity index (χ3n) is 2.10. The van der Waals surface area contributed by atoms with Gasteiger partial charge in [-0.05, 0) is 42.7 Å². The Balaban J connectivity index is 2.92. The van der Waals surface area contributed by atoms with Gasteiger partial charge in [0.15, 0.2) is 0 Å². The smallest absolute Gasteiger partial charge is 0.119 e. The van der Waals surface area contributed by atoms with Crippen molar-refractivity contribution in [2.45, 2.75) is 20.8 Å². The second-order valence-electron chi connectivity index (χ2n) is 3.89. The molecule has 1 aromatic carbocycles. The van der Waals surface area contributed by atoms with E-state index in [9.17, 15) is 0 Å². The van der Waals surface area contributed by atoms with Crippen molar-refractivity contribution in [1.82, 2.24) is 0 Å². The Morgan fingerprint density at radius 1 is 1.38 bits per heavy atom. The second kappa shape index (κ2) is 5.97. The van der Waals surface area contributed by atoms with Crippen LogP contribution in [-0.4, -0.2) is 6.61 Å². The summed E-state index contributed by atoms with van der Waals surface area (Å²) in [7, 11) is 0. The highest BCUT2D eigenvalue weighted by Crippen LogP contribution is 2.19. The van der Waals surface area contributed by atoms with E-state index in [1.807, 2.05) is 37.3 Å². The summed E-state index contributed by atoms with van der Waals surface area (Å²) in [5.74, 6) is 1.22. The van der Waals surface area contributed by atoms with Gasteiger partial charge in [0.25, 0.3) is 0 Å². The summed E-state index contributed by atoms with van der Waals surface area (Å²) in [6, 6.07) is 9.85. The topological polar surface area (TPSA) is 33.0 Å². The number of allylic oxidation sites excluding steroid dienone is 2. The van der Waals surface area contributed by atoms with Crippen LogP contribution in [-0.2, 0) is 0 Å². The number of rotatable bonds is 4. The van der Waals surface area contributed by atoms with Crippen molar-refractivity contribution in [3.63, 3.8) is 0 Å². The summed E-state index contributed by atoms with van der Waals surface area (Å²) in [6.07, 6.45) is 1.97. The first kappa shape index (κ1) is 12.3. The molecule has 0 aliphatic heterocycles. The number of hydrogen-bond donors (Lipinski definition) is 0. The van der Waals surface area contributed by atoms with Crippen LogP contribution >= 0.6 is 0 Å². The van der Waals surface area contributed by atoms with Crippen LogP contribution in [0.1, 0.15) is 26.3 Å². The Morgan fingerprint density at radius 2 is 2.00 bits per heavy atom. The SMILES string of the molecule is CCOc1ccc(/C(C#N)=C/C(C)C)cc1. The first-order chi connectivity index (χ1) is 7.67. The average Bonchev–Trinajstić information content (AvgIpc) is 2.27. The van der Waals surface area contributed by atoms with Gasteiger partial charge >= 0.3 is 0 Å². The van der Waals surface area contributed by atoms with Crippen LogP contribution in [0.25, 0.3) is 5.57 Å². The molecule has 0 fully saturated rings. The quantitative estimate of drug-likeness (QED) is 0.718. The zero-order valence-electron chi connectivity index (χ0n) is 10.0. The van der Waals surface area contributed by atoms with Crippen LogP contribution in [0, 0.1) is 17.2 Å². The molecule has 0 atom stereocenters. The number of hydrogen-bond acceptors (Lipinski definition) is 2. The summed E-state index contributed by atoms with van der Waals surface area (Å²) in [4.78, 5) is 0. The van der Waals surface area contributed by atoms with Crippen molar-refractivity contribution in [3.8, 4) is 11.8 Å². The van der Waals surface area contributed by atoms with Gasteiger partial charge in [-0.15, -0.1) is 0 Å². The summed E-state index contributed by atoms with van der Waals surface area (Å²) >= 11 is 0. The van der Waals surface area contributed by atoms with Gasteiger partial charge in [0.2, 0.25) is 0 Å². The van der Waals surface area contributed by atoms with Crippen molar-refractivity contribution in [2.75, 3.05) is 6.61 Å². The molecule has 1 rings (SSSR count). The third kappa shape index (κ3) is 3.43. The molecule has 0 amide bonds. The van der Waals surface area contributed by atoms with Crippen LogP contribution in [0.4, 0.5) is 0 Å². The standard InChI is InChI=1S/C14H17NO/c1-4-16-14-7-5-12(6-8-14)13(10-15)9-11(2)3/h5-9,11H,4H2,1-3H3/b13-9+. The van der Waals surface area contributed by atoms with Crippen LogP contribution in [0.3, 0.4) is 0 Å². The molecular formula is C14H17NO. The van der Waals surface area contributed by atoms with E-state index in [1.165, 1.54) is 0 Å². The monoisotopic (exact) mass is 215 g/mol. The van der Waals surface area contributed by atoms with Gasteiger partial charge in [0.05, 0.1) is 18.2 Å². The van der Waals surface area contributed by atoms with E-state index in [1.54, 1.807) is 0 Å². The predicted molar refractivity (Wildman–Crippen MR) is 66.0 cm³/mol. The van der Waals surface area contributed by atoms with Crippen LogP contribution < -0.4 is 4.74 Å². The van der Waals surface area contributed by atoms with Crippen molar-refractivity contribution < 1.29 is 4.74 Å². The second-order valence-corrected chi connectivity index (χ2v) is 3.89. The largest absolute Gasteiger partial charge is 0.494 e. The highest BCUT2D eigenvalue weighted by atomic mass is 16.5. The zero-order valence-corrected chi connectivity index (χ0v) is 10.0. The lowest BCUT2D eigenvalue weighted by molar-refractivity contribution is 0.340. The van der Waals surface area contributed by atoms with Crippen LogP contribution in [0.15, 0.2) is 30.3 Å². The van der Waals surface area contributed by atoms with Crippen molar-refractivity contribution in [3.05, 3.63) is 35.9 Å². The summed E-state index contributed by atoms with van der Waals surface area (Å²) in [6.45, 7) is 6.73. The highest BCUT2D eigenvalue weighted by molar-refractivity contribution is 5.76. The van der Waals surface area contributed by atoms with Gasteiger partial charge < -0.3 is 4.74 Å². The van der Waals surface area contributed by atoms with E-state index in [0.29, 0.717) is 12.5 Å². The van der Waals surface area contributed by atoms with Gasteiger partial charge in [0.1, 0.15) is 5.75 Å². The number of ether oxygens (including phenoxy) is 1. The Labute approximate surface area is 97.2 Å². The lowest BCUT2D eigenvalue weighted by atomic mass is 10.0. The van der Waals surface area contributed by atoms with E-state index in [4.69, 9.17) is 10.00 Å². The molecule has 0 N–H and O–H groups in total. The minimum absolute atomic E-state index is 0.376. The van der Waals surface area contributed by atoms with Crippen LogP contribution in [0.5, 0.6) is 5.75 Å². The number of benzene rings is 1. The van der Waals surface area contributed by atoms with Crippen molar-refractivity contribution >= 4 is 5.57 Å². The van der Waals surface area contributed by atoms with Crippen LogP contribution in [0.2, 0.25) is 0 Å².